The monoisotopic (exact) mass is 271 g/mol. The third-order valence-corrected chi connectivity index (χ3v) is 8.21. The Bertz CT molecular complexity index is 217. The molecule has 0 spiro atoms. The lowest BCUT2D eigenvalue weighted by Crippen LogP contribution is -2.29. The summed E-state index contributed by atoms with van der Waals surface area (Å²) in [6, 6.07) is 4.41. The van der Waals surface area contributed by atoms with E-state index < -0.39 is 8.07 Å². The molecule has 0 saturated carbocycles. The quantitative estimate of drug-likeness (QED) is 0.211. The number of unbranched alkanes of at least 4 members (excludes halogenated alkanes) is 2. The van der Waals surface area contributed by atoms with Gasteiger partial charge in [0.1, 0.15) is 6.61 Å². The van der Waals surface area contributed by atoms with Gasteiger partial charge in [-0.1, -0.05) is 69.4 Å². The van der Waals surface area contributed by atoms with Crippen molar-refractivity contribution in [3.63, 3.8) is 0 Å². The first-order valence-electron chi connectivity index (χ1n) is 7.67. The van der Waals surface area contributed by atoms with Gasteiger partial charge in [0.25, 0.3) is 0 Å². The van der Waals surface area contributed by atoms with Crippen molar-refractivity contribution in [2.24, 2.45) is 5.16 Å². The molecule has 108 valence electrons. The highest BCUT2D eigenvalue weighted by Gasteiger charge is 2.24. The van der Waals surface area contributed by atoms with Crippen LogP contribution in [-0.2, 0) is 4.84 Å². The smallest absolute Gasteiger partial charge is 0.116 e. The molecule has 0 aliphatic rings. The number of nitrogens with zero attached hydrogens (tertiary/aromatic N) is 1. The summed E-state index contributed by atoms with van der Waals surface area (Å²) in [5, 5.41) is 4.00. The molecule has 2 nitrogen and oxygen atoms in total. The SMILES string of the molecule is CCCC[Si](C)(CCCC)CCCON=C(C)C. The van der Waals surface area contributed by atoms with Gasteiger partial charge >= 0.3 is 0 Å². The fraction of sp³-hybridized carbons (Fsp3) is 0.933. The van der Waals surface area contributed by atoms with Gasteiger partial charge in [-0.2, -0.15) is 0 Å². The van der Waals surface area contributed by atoms with Crippen LogP contribution in [-0.4, -0.2) is 20.4 Å². The average Bonchev–Trinajstić information content (AvgIpc) is 2.33. The van der Waals surface area contributed by atoms with E-state index in [0.717, 1.165) is 12.3 Å². The summed E-state index contributed by atoms with van der Waals surface area (Å²) in [6.07, 6.45) is 6.70. The van der Waals surface area contributed by atoms with Crippen molar-refractivity contribution in [3.05, 3.63) is 0 Å². The minimum atomic E-state index is -0.997. The molecule has 0 aromatic heterocycles. The zero-order chi connectivity index (χ0) is 13.9. The summed E-state index contributed by atoms with van der Waals surface area (Å²) >= 11 is 0. The molecule has 0 fully saturated rings. The fourth-order valence-corrected chi connectivity index (χ4v) is 6.48. The van der Waals surface area contributed by atoms with Crippen LogP contribution in [0.4, 0.5) is 0 Å². The normalized spacial score (nSPS) is 11.4. The summed E-state index contributed by atoms with van der Waals surface area (Å²) in [4.78, 5) is 5.31. The summed E-state index contributed by atoms with van der Waals surface area (Å²) in [7, 11) is -0.997. The maximum atomic E-state index is 5.31. The van der Waals surface area contributed by atoms with Crippen molar-refractivity contribution in [1.82, 2.24) is 0 Å². The lowest BCUT2D eigenvalue weighted by molar-refractivity contribution is 0.144. The second-order valence-corrected chi connectivity index (χ2v) is 11.1. The van der Waals surface area contributed by atoms with E-state index in [1.54, 1.807) is 0 Å². The Labute approximate surface area is 115 Å². The molecule has 3 heteroatoms. The Morgan fingerprint density at radius 2 is 1.44 bits per heavy atom. The molecule has 0 saturated heterocycles. The molecule has 0 rings (SSSR count). The van der Waals surface area contributed by atoms with Gasteiger partial charge in [0.05, 0.1) is 13.8 Å². The lowest BCUT2D eigenvalue weighted by Gasteiger charge is -2.27. The van der Waals surface area contributed by atoms with E-state index in [2.05, 4.69) is 25.6 Å². The highest BCUT2D eigenvalue weighted by Crippen LogP contribution is 2.27. The van der Waals surface area contributed by atoms with Crippen LogP contribution in [0.5, 0.6) is 0 Å². The van der Waals surface area contributed by atoms with Crippen LogP contribution in [0.2, 0.25) is 24.7 Å². The van der Waals surface area contributed by atoms with Crippen molar-refractivity contribution in [2.75, 3.05) is 6.61 Å². The topological polar surface area (TPSA) is 21.6 Å². The third kappa shape index (κ3) is 9.69. The van der Waals surface area contributed by atoms with Gasteiger partial charge in [-0.3, -0.25) is 0 Å². The first-order valence-corrected chi connectivity index (χ1v) is 10.8. The Balaban J connectivity index is 3.95. The lowest BCUT2D eigenvalue weighted by atomic mass is 10.4. The standard InChI is InChI=1S/C15H33NOSi/c1-6-8-12-18(5,13-9-7-2)14-10-11-17-16-15(3)4/h6-14H2,1-5H3. The Kier molecular flexibility index (Phi) is 10.4. The molecule has 0 aliphatic heterocycles. The summed E-state index contributed by atoms with van der Waals surface area (Å²) < 4.78 is 0. The molecule has 0 heterocycles. The fourth-order valence-electron chi connectivity index (χ4n) is 2.32. The molecule has 0 aliphatic carbocycles. The molecule has 18 heavy (non-hydrogen) atoms. The van der Waals surface area contributed by atoms with Crippen LogP contribution in [0.25, 0.3) is 0 Å². The maximum Gasteiger partial charge on any atom is 0.116 e. The Morgan fingerprint density at radius 3 is 1.89 bits per heavy atom. The molecule has 0 unspecified atom stereocenters. The molecule has 0 radical (unpaired) electrons. The zero-order valence-corrected chi connectivity index (χ0v) is 14.2. The molecule has 0 bridgehead atoms. The van der Waals surface area contributed by atoms with Crippen molar-refractivity contribution in [3.8, 4) is 0 Å². The first-order chi connectivity index (χ1) is 8.54. The predicted molar refractivity (Wildman–Crippen MR) is 85.2 cm³/mol. The number of hydrogen-bond donors (Lipinski definition) is 0. The van der Waals surface area contributed by atoms with Crippen molar-refractivity contribution in [1.29, 1.82) is 0 Å². The minimum Gasteiger partial charge on any atom is -0.396 e. The molecule has 0 aromatic rings. The molecule has 0 amide bonds. The van der Waals surface area contributed by atoms with E-state index in [1.807, 2.05) is 13.8 Å². The molecule has 0 N–H and O–H groups in total. The van der Waals surface area contributed by atoms with Gasteiger partial charge in [-0.15, -0.1) is 0 Å². The highest BCUT2D eigenvalue weighted by molar-refractivity contribution is 6.78. The van der Waals surface area contributed by atoms with E-state index in [9.17, 15) is 0 Å². The van der Waals surface area contributed by atoms with E-state index >= 15 is 0 Å². The summed E-state index contributed by atoms with van der Waals surface area (Å²) in [5.41, 5.74) is 1.01. The van der Waals surface area contributed by atoms with E-state index in [4.69, 9.17) is 4.84 Å². The van der Waals surface area contributed by atoms with E-state index in [0.29, 0.717) is 0 Å². The maximum absolute atomic E-state index is 5.31. The van der Waals surface area contributed by atoms with Crippen LogP contribution in [0, 0.1) is 0 Å². The van der Waals surface area contributed by atoms with Crippen molar-refractivity contribution >= 4 is 13.8 Å². The largest absolute Gasteiger partial charge is 0.396 e. The molecule has 0 atom stereocenters. The highest BCUT2D eigenvalue weighted by atomic mass is 28.3. The van der Waals surface area contributed by atoms with Crippen LogP contribution < -0.4 is 0 Å². The van der Waals surface area contributed by atoms with Crippen LogP contribution in [0.1, 0.15) is 59.8 Å². The summed E-state index contributed by atoms with van der Waals surface area (Å²) in [5.74, 6) is 0. The van der Waals surface area contributed by atoms with Gasteiger partial charge in [0, 0.05) is 0 Å². The second kappa shape index (κ2) is 10.6. The van der Waals surface area contributed by atoms with E-state index in [1.165, 1.54) is 50.2 Å². The number of rotatable bonds is 11. The van der Waals surface area contributed by atoms with Crippen molar-refractivity contribution < 1.29 is 4.84 Å². The number of hydrogen-bond acceptors (Lipinski definition) is 2. The van der Waals surface area contributed by atoms with Crippen LogP contribution in [0.3, 0.4) is 0 Å². The van der Waals surface area contributed by atoms with Crippen molar-refractivity contribution in [2.45, 2.75) is 84.5 Å². The molecular formula is C15H33NOSi. The minimum absolute atomic E-state index is 0.798. The molecule has 0 aromatic carbocycles. The molecular weight excluding hydrogens is 238 g/mol. The first kappa shape index (κ1) is 17.7. The number of oxime groups is 1. The Hall–Kier alpha value is -0.313. The second-order valence-electron chi connectivity index (χ2n) is 5.99. The van der Waals surface area contributed by atoms with E-state index in [-0.39, 0.29) is 0 Å². The van der Waals surface area contributed by atoms with Gasteiger partial charge in [-0.25, -0.2) is 0 Å². The zero-order valence-electron chi connectivity index (χ0n) is 13.2. The van der Waals surface area contributed by atoms with Crippen LogP contribution >= 0.6 is 0 Å². The Morgan fingerprint density at radius 1 is 0.944 bits per heavy atom. The van der Waals surface area contributed by atoms with Gasteiger partial charge < -0.3 is 4.84 Å². The summed E-state index contributed by atoms with van der Waals surface area (Å²) in [6.45, 7) is 11.9. The third-order valence-electron chi connectivity index (χ3n) is 3.53. The van der Waals surface area contributed by atoms with Gasteiger partial charge in [-0.05, 0) is 20.3 Å². The van der Waals surface area contributed by atoms with Gasteiger partial charge in [0.2, 0.25) is 0 Å². The van der Waals surface area contributed by atoms with Crippen LogP contribution in [0.15, 0.2) is 5.16 Å². The average molecular weight is 272 g/mol. The predicted octanol–water partition coefficient (Wildman–Crippen LogP) is 5.47. The van der Waals surface area contributed by atoms with Gasteiger partial charge in [0.15, 0.2) is 0 Å².